The van der Waals surface area contributed by atoms with E-state index in [2.05, 4.69) is 4.74 Å². The lowest BCUT2D eigenvalue weighted by Crippen LogP contribution is -2.26. The Bertz CT molecular complexity index is 503. The minimum atomic E-state index is -0.488. The highest BCUT2D eigenvalue weighted by Gasteiger charge is 2.36. The number of aromatic hydroxyl groups is 1. The number of hydrogen-bond acceptors (Lipinski definition) is 4. The van der Waals surface area contributed by atoms with Crippen molar-refractivity contribution in [3.63, 3.8) is 0 Å². The number of amides is 1. The van der Waals surface area contributed by atoms with Gasteiger partial charge in [0.2, 0.25) is 5.91 Å². The first-order valence-corrected chi connectivity index (χ1v) is 5.77. The third-order valence-electron chi connectivity index (χ3n) is 2.89. The minimum Gasteiger partial charge on any atom is -0.506 e. The number of ether oxygens (including phenoxy) is 1. The highest BCUT2D eigenvalue weighted by atomic mass is 35.5. The topological polar surface area (TPSA) is 66.8 Å². The van der Waals surface area contributed by atoms with Crippen LogP contribution in [0, 0.1) is 5.92 Å². The van der Waals surface area contributed by atoms with Crippen LogP contribution in [0.1, 0.15) is 6.42 Å². The van der Waals surface area contributed by atoms with E-state index in [1.165, 1.54) is 18.1 Å². The Balaban J connectivity index is 2.24. The Hall–Kier alpha value is -1.75. The summed E-state index contributed by atoms with van der Waals surface area (Å²) in [7, 11) is 1.29. The first-order valence-electron chi connectivity index (χ1n) is 5.39. The van der Waals surface area contributed by atoms with Crippen molar-refractivity contribution in [2.75, 3.05) is 18.6 Å². The molecule has 0 aromatic heterocycles. The van der Waals surface area contributed by atoms with Crippen LogP contribution in [0.5, 0.6) is 5.75 Å². The van der Waals surface area contributed by atoms with E-state index >= 15 is 0 Å². The lowest BCUT2D eigenvalue weighted by molar-refractivity contribution is -0.145. The standard InChI is InChI=1S/C12H12ClNO4/c1-18-12(17)7-4-11(16)14(6-7)9-3-2-8(13)5-10(9)15/h2-3,5,7,15H,4,6H2,1H3. The van der Waals surface area contributed by atoms with Crippen molar-refractivity contribution >= 4 is 29.2 Å². The van der Waals surface area contributed by atoms with Crippen LogP contribution >= 0.6 is 11.6 Å². The first-order chi connectivity index (χ1) is 8.52. The number of phenolic OH excluding ortho intramolecular Hbond substituents is 1. The summed E-state index contributed by atoms with van der Waals surface area (Å²) in [6, 6.07) is 4.49. The fourth-order valence-electron chi connectivity index (χ4n) is 1.99. The zero-order valence-corrected chi connectivity index (χ0v) is 10.5. The van der Waals surface area contributed by atoms with Crippen molar-refractivity contribution in [2.24, 2.45) is 5.92 Å². The highest BCUT2D eigenvalue weighted by molar-refractivity contribution is 6.30. The second-order valence-corrected chi connectivity index (χ2v) is 4.50. The van der Waals surface area contributed by atoms with Gasteiger partial charge in [0.25, 0.3) is 0 Å². The molecule has 0 spiro atoms. The molecule has 96 valence electrons. The molecule has 6 heteroatoms. The molecule has 18 heavy (non-hydrogen) atoms. The molecule has 1 aliphatic heterocycles. The Kier molecular flexibility index (Phi) is 3.43. The number of anilines is 1. The number of methoxy groups -OCH3 is 1. The van der Waals surface area contributed by atoms with Crippen LogP contribution in [0.25, 0.3) is 0 Å². The van der Waals surface area contributed by atoms with Crippen LogP contribution in [-0.4, -0.2) is 30.6 Å². The van der Waals surface area contributed by atoms with Crippen LogP contribution in [0.2, 0.25) is 5.02 Å². The van der Waals surface area contributed by atoms with E-state index in [0.29, 0.717) is 10.7 Å². The average Bonchev–Trinajstić information content (AvgIpc) is 2.70. The molecule has 1 saturated heterocycles. The number of esters is 1. The Morgan fingerprint density at radius 2 is 2.28 bits per heavy atom. The summed E-state index contributed by atoms with van der Waals surface area (Å²) in [5.41, 5.74) is 0.357. The molecule has 1 aromatic carbocycles. The minimum absolute atomic E-state index is 0.0821. The molecular formula is C12H12ClNO4. The monoisotopic (exact) mass is 269 g/mol. The van der Waals surface area contributed by atoms with Gasteiger partial charge < -0.3 is 14.7 Å². The van der Waals surface area contributed by atoms with E-state index in [-0.39, 0.29) is 24.6 Å². The Morgan fingerprint density at radius 1 is 1.56 bits per heavy atom. The number of benzene rings is 1. The van der Waals surface area contributed by atoms with Crippen molar-refractivity contribution in [2.45, 2.75) is 6.42 Å². The molecular weight excluding hydrogens is 258 g/mol. The molecule has 1 N–H and O–H groups in total. The largest absolute Gasteiger partial charge is 0.506 e. The fraction of sp³-hybridized carbons (Fsp3) is 0.333. The van der Waals surface area contributed by atoms with E-state index in [9.17, 15) is 14.7 Å². The van der Waals surface area contributed by atoms with Crippen LogP contribution in [-0.2, 0) is 14.3 Å². The van der Waals surface area contributed by atoms with E-state index < -0.39 is 11.9 Å². The van der Waals surface area contributed by atoms with Crippen LogP contribution in [0.15, 0.2) is 18.2 Å². The predicted molar refractivity (Wildman–Crippen MR) is 65.6 cm³/mol. The van der Waals surface area contributed by atoms with Gasteiger partial charge in [0.1, 0.15) is 5.75 Å². The number of carbonyl (C=O) groups is 2. The maximum atomic E-state index is 11.8. The fourth-order valence-corrected chi connectivity index (χ4v) is 2.16. The normalized spacial score (nSPS) is 19.1. The van der Waals surface area contributed by atoms with Crippen LogP contribution < -0.4 is 4.90 Å². The van der Waals surface area contributed by atoms with Gasteiger partial charge >= 0.3 is 5.97 Å². The van der Waals surface area contributed by atoms with Gasteiger partial charge in [-0.1, -0.05) is 11.6 Å². The van der Waals surface area contributed by atoms with Gasteiger partial charge in [-0.3, -0.25) is 9.59 Å². The molecule has 0 aliphatic carbocycles. The summed E-state index contributed by atoms with van der Waals surface area (Å²) >= 11 is 5.72. The van der Waals surface area contributed by atoms with E-state index in [4.69, 9.17) is 11.6 Å². The number of nitrogens with zero attached hydrogens (tertiary/aromatic N) is 1. The first kappa shape index (κ1) is 12.7. The predicted octanol–water partition coefficient (Wildman–Crippen LogP) is 1.57. The summed E-state index contributed by atoms with van der Waals surface area (Å²) in [5, 5.41) is 10.1. The van der Waals surface area contributed by atoms with Crippen molar-refractivity contribution in [1.82, 2.24) is 0 Å². The molecule has 1 aliphatic rings. The molecule has 1 heterocycles. The summed E-state index contributed by atoms with van der Waals surface area (Å²) in [5.74, 6) is -1.21. The van der Waals surface area contributed by atoms with E-state index in [1.807, 2.05) is 0 Å². The van der Waals surface area contributed by atoms with Crippen molar-refractivity contribution in [3.05, 3.63) is 23.2 Å². The number of phenols is 1. The van der Waals surface area contributed by atoms with Gasteiger partial charge in [-0.15, -0.1) is 0 Å². The zero-order valence-electron chi connectivity index (χ0n) is 9.72. The van der Waals surface area contributed by atoms with Gasteiger partial charge in [-0.25, -0.2) is 0 Å². The molecule has 2 rings (SSSR count). The maximum Gasteiger partial charge on any atom is 0.311 e. The number of rotatable bonds is 2. The SMILES string of the molecule is COC(=O)C1CC(=O)N(c2ccc(Cl)cc2O)C1. The zero-order chi connectivity index (χ0) is 13.3. The quantitative estimate of drug-likeness (QED) is 0.828. The van der Waals surface area contributed by atoms with Crippen molar-refractivity contribution < 1.29 is 19.4 Å². The van der Waals surface area contributed by atoms with Gasteiger partial charge in [0.15, 0.2) is 0 Å². The third kappa shape index (κ3) is 2.26. The molecule has 0 bridgehead atoms. The second-order valence-electron chi connectivity index (χ2n) is 4.06. The van der Waals surface area contributed by atoms with E-state index in [0.717, 1.165) is 0 Å². The Labute approximate surface area is 109 Å². The lowest BCUT2D eigenvalue weighted by Gasteiger charge is -2.17. The summed E-state index contributed by atoms with van der Waals surface area (Å²) in [6.45, 7) is 0.209. The third-order valence-corrected chi connectivity index (χ3v) is 3.12. The van der Waals surface area contributed by atoms with Crippen LogP contribution in [0.3, 0.4) is 0 Å². The summed E-state index contributed by atoms with van der Waals surface area (Å²) in [4.78, 5) is 24.6. The van der Waals surface area contributed by atoms with Gasteiger partial charge in [-0.05, 0) is 12.1 Å². The molecule has 5 nitrogen and oxygen atoms in total. The van der Waals surface area contributed by atoms with Gasteiger partial charge in [0, 0.05) is 24.1 Å². The molecule has 1 amide bonds. The Morgan fingerprint density at radius 3 is 2.89 bits per heavy atom. The number of carbonyl (C=O) groups excluding carboxylic acids is 2. The average molecular weight is 270 g/mol. The molecule has 1 atom stereocenters. The molecule has 0 saturated carbocycles. The van der Waals surface area contributed by atoms with E-state index in [1.54, 1.807) is 12.1 Å². The second kappa shape index (κ2) is 4.86. The maximum absolute atomic E-state index is 11.8. The molecule has 1 aromatic rings. The van der Waals surface area contributed by atoms with Gasteiger partial charge in [0.05, 0.1) is 18.7 Å². The van der Waals surface area contributed by atoms with Crippen molar-refractivity contribution in [3.8, 4) is 5.75 Å². The number of halogens is 1. The van der Waals surface area contributed by atoms with Gasteiger partial charge in [-0.2, -0.15) is 0 Å². The lowest BCUT2D eigenvalue weighted by atomic mass is 10.1. The molecule has 1 unspecified atom stereocenters. The smallest absolute Gasteiger partial charge is 0.311 e. The van der Waals surface area contributed by atoms with Crippen LogP contribution in [0.4, 0.5) is 5.69 Å². The molecule has 1 fully saturated rings. The number of hydrogen-bond donors (Lipinski definition) is 1. The highest BCUT2D eigenvalue weighted by Crippen LogP contribution is 2.34. The summed E-state index contributed by atoms with van der Waals surface area (Å²) < 4.78 is 4.61. The van der Waals surface area contributed by atoms with Crippen molar-refractivity contribution in [1.29, 1.82) is 0 Å². The molecule has 0 radical (unpaired) electrons. The summed E-state index contributed by atoms with van der Waals surface area (Å²) in [6.07, 6.45) is 0.0920.